The number of aromatic amines is 1. The van der Waals surface area contributed by atoms with Crippen molar-refractivity contribution in [1.29, 1.82) is 10.5 Å². The van der Waals surface area contributed by atoms with Crippen LogP contribution in [0.1, 0.15) is 35.7 Å². The van der Waals surface area contributed by atoms with Gasteiger partial charge in [-0.2, -0.15) is 10.5 Å². The largest absolute Gasteiger partial charge is 0.394 e. The molecular formula is C33H33F2N11O9P2S2. The highest BCUT2D eigenvalue weighted by molar-refractivity contribution is 8.10. The van der Waals surface area contributed by atoms with Crippen molar-refractivity contribution in [1.82, 2.24) is 39.0 Å². The molecular weight excluding hydrogens is 859 g/mol. The molecule has 6 heterocycles. The number of amides is 1. The SMILES string of the molecule is N#CCCOP(O)(=S)[C@@H]1C(COP(=S)(OCCC#N)[C@@H]2[C@H](CO)OC(n3cnc4c(=O)[nH]cnc43)[C@@H]2F)OC(n2cnc3c(NC(=O)c4ccccc4)ncnc32)[C@@H]1F. The molecule has 0 saturated carbocycles. The number of hydrogen-bond donors (Lipinski definition) is 4. The van der Waals surface area contributed by atoms with Crippen molar-refractivity contribution in [3.8, 4) is 12.1 Å². The van der Waals surface area contributed by atoms with Crippen molar-refractivity contribution in [3.05, 3.63) is 71.6 Å². The lowest BCUT2D eigenvalue weighted by molar-refractivity contribution is -0.0365. The van der Waals surface area contributed by atoms with Crippen LogP contribution in [0.4, 0.5) is 14.6 Å². The number of nitrogens with one attached hydrogen (secondary N) is 2. The number of fused-ring (bicyclic) bond motifs is 2. The van der Waals surface area contributed by atoms with Gasteiger partial charge in [-0.05, 0) is 35.7 Å². The quantitative estimate of drug-likeness (QED) is 0.0819. The summed E-state index contributed by atoms with van der Waals surface area (Å²) in [5.41, 5.74) is -3.42. The predicted octanol–water partition coefficient (Wildman–Crippen LogP) is 2.90. The maximum atomic E-state index is 16.9. The van der Waals surface area contributed by atoms with Gasteiger partial charge in [-0.15, -0.1) is 0 Å². The van der Waals surface area contributed by atoms with Crippen LogP contribution in [0.15, 0.2) is 60.4 Å². The van der Waals surface area contributed by atoms with Gasteiger partial charge in [0.2, 0.25) is 0 Å². The van der Waals surface area contributed by atoms with E-state index in [-0.39, 0.29) is 54.2 Å². The fraction of sp³-hybridized carbons (Fsp3) is 0.424. The molecule has 0 aliphatic carbocycles. The summed E-state index contributed by atoms with van der Waals surface area (Å²) in [5.74, 6) is -0.485. The Kier molecular flexibility index (Phi) is 13.0. The Hall–Kier alpha value is -4.55. The van der Waals surface area contributed by atoms with Crippen LogP contribution < -0.4 is 10.9 Å². The molecule has 1 aromatic carbocycles. The van der Waals surface area contributed by atoms with Crippen LogP contribution in [-0.2, 0) is 46.7 Å². The molecule has 0 spiro atoms. The summed E-state index contributed by atoms with van der Waals surface area (Å²) in [4.78, 5) is 59.9. The summed E-state index contributed by atoms with van der Waals surface area (Å²) in [5, 5.41) is 31.4. The number of aromatic nitrogens is 8. The fourth-order valence-corrected chi connectivity index (χ4v) is 12.7. The monoisotopic (exact) mass is 891 g/mol. The maximum absolute atomic E-state index is 16.9. The lowest BCUT2D eigenvalue weighted by Crippen LogP contribution is -2.36. The number of benzene rings is 1. The van der Waals surface area contributed by atoms with Crippen molar-refractivity contribution in [3.63, 3.8) is 0 Å². The van der Waals surface area contributed by atoms with E-state index in [1.54, 1.807) is 30.3 Å². The van der Waals surface area contributed by atoms with E-state index in [4.69, 9.17) is 51.9 Å². The Balaban J connectivity index is 1.19. The zero-order chi connectivity index (χ0) is 41.9. The van der Waals surface area contributed by atoms with Gasteiger partial charge in [0, 0.05) is 5.56 Å². The molecule has 5 aromatic rings. The molecule has 59 heavy (non-hydrogen) atoms. The molecule has 310 valence electrons. The number of alkyl halides is 2. The van der Waals surface area contributed by atoms with Crippen molar-refractivity contribution < 1.29 is 46.6 Å². The summed E-state index contributed by atoms with van der Waals surface area (Å²) in [6.45, 7) is -10.3. The second-order valence-electron chi connectivity index (χ2n) is 13.0. The lowest BCUT2D eigenvalue weighted by atomic mass is 10.2. The number of H-pyrrole nitrogens is 1. The average molecular weight is 892 g/mol. The van der Waals surface area contributed by atoms with Gasteiger partial charge in [0.1, 0.15) is 6.33 Å². The normalized spacial score (nSPS) is 26.3. The van der Waals surface area contributed by atoms with Crippen LogP contribution in [-0.4, -0.2) is 117 Å². The van der Waals surface area contributed by atoms with E-state index in [1.807, 2.05) is 12.1 Å². The van der Waals surface area contributed by atoms with E-state index in [1.165, 1.54) is 15.5 Å². The molecule has 2 fully saturated rings. The molecule has 2 saturated heterocycles. The minimum atomic E-state index is -4.19. The number of nitrogens with zero attached hydrogens (tertiary/aromatic N) is 9. The molecule has 0 radical (unpaired) electrons. The van der Waals surface area contributed by atoms with Crippen LogP contribution in [0.3, 0.4) is 0 Å². The number of nitriles is 2. The smallest absolute Gasteiger partial charge is 0.278 e. The predicted molar refractivity (Wildman–Crippen MR) is 209 cm³/mol. The number of hydrogen-bond acceptors (Lipinski definition) is 17. The number of imidazole rings is 2. The number of ether oxygens (including phenoxy) is 2. The van der Waals surface area contributed by atoms with Gasteiger partial charge in [0.25, 0.3) is 11.5 Å². The Morgan fingerprint density at radius 3 is 2.20 bits per heavy atom. The minimum Gasteiger partial charge on any atom is -0.394 e. The third-order valence-electron chi connectivity index (χ3n) is 9.44. The number of rotatable bonds is 16. The van der Waals surface area contributed by atoms with Gasteiger partial charge in [0.15, 0.2) is 65.9 Å². The second kappa shape index (κ2) is 18.0. The summed E-state index contributed by atoms with van der Waals surface area (Å²) < 4.78 is 65.9. The third kappa shape index (κ3) is 8.44. The Labute approximate surface area is 342 Å². The van der Waals surface area contributed by atoms with E-state index in [0.29, 0.717) is 5.56 Å². The number of carbonyl (C=O) groups excluding carboxylic acids is 1. The van der Waals surface area contributed by atoms with Crippen molar-refractivity contribution in [2.45, 2.75) is 61.2 Å². The number of aliphatic hydroxyl groups excluding tert-OH is 1. The van der Waals surface area contributed by atoms with E-state index in [0.717, 1.165) is 19.0 Å². The Morgan fingerprint density at radius 2 is 1.53 bits per heavy atom. The van der Waals surface area contributed by atoms with E-state index < -0.39 is 86.0 Å². The zero-order valence-corrected chi connectivity index (χ0v) is 33.7. The number of carbonyl (C=O) groups is 1. The summed E-state index contributed by atoms with van der Waals surface area (Å²) in [6.07, 6.45) is -5.96. The van der Waals surface area contributed by atoms with E-state index in [9.17, 15) is 24.9 Å². The first-order valence-corrected chi connectivity index (χ1v) is 23.1. The first-order valence-electron chi connectivity index (χ1n) is 17.7. The fourth-order valence-electron chi connectivity index (χ4n) is 6.77. The summed E-state index contributed by atoms with van der Waals surface area (Å²) in [7, 11) is 0. The first-order chi connectivity index (χ1) is 28.4. The number of anilines is 1. The summed E-state index contributed by atoms with van der Waals surface area (Å²) in [6, 6.07) is 12.1. The second-order valence-corrected chi connectivity index (χ2v) is 20.3. The van der Waals surface area contributed by atoms with Crippen molar-refractivity contribution in [2.24, 2.45) is 0 Å². The van der Waals surface area contributed by atoms with Crippen LogP contribution in [0.2, 0.25) is 0 Å². The molecule has 0 bridgehead atoms. The van der Waals surface area contributed by atoms with Crippen molar-refractivity contribution >= 4 is 70.6 Å². The molecule has 2 aliphatic rings. The molecule has 4 N–H and O–H groups in total. The molecule has 10 atom stereocenters. The molecule has 2 aliphatic heterocycles. The lowest BCUT2D eigenvalue weighted by Gasteiger charge is -2.33. The van der Waals surface area contributed by atoms with Gasteiger partial charge < -0.3 is 43.3 Å². The Morgan fingerprint density at radius 1 is 0.898 bits per heavy atom. The maximum Gasteiger partial charge on any atom is 0.278 e. The third-order valence-corrected chi connectivity index (χ3v) is 16.2. The highest BCUT2D eigenvalue weighted by Crippen LogP contribution is 2.63. The Bertz CT molecular complexity index is 2580. The summed E-state index contributed by atoms with van der Waals surface area (Å²) >= 11 is 11.4. The number of aliphatic hydroxyl groups is 1. The first kappa shape index (κ1) is 42.6. The molecule has 5 unspecified atom stereocenters. The molecule has 7 rings (SSSR count). The van der Waals surface area contributed by atoms with Crippen LogP contribution in [0.5, 0.6) is 0 Å². The van der Waals surface area contributed by atoms with Gasteiger partial charge >= 0.3 is 0 Å². The van der Waals surface area contributed by atoms with Gasteiger partial charge in [-0.25, -0.2) is 33.7 Å². The van der Waals surface area contributed by atoms with Gasteiger partial charge in [-0.1, -0.05) is 18.2 Å². The highest BCUT2D eigenvalue weighted by atomic mass is 32.5. The van der Waals surface area contributed by atoms with Crippen molar-refractivity contribution in [2.75, 3.05) is 31.7 Å². The topological polar surface area (TPSA) is 270 Å². The van der Waals surface area contributed by atoms with Gasteiger partial charge in [-0.3, -0.25) is 18.7 Å². The highest BCUT2D eigenvalue weighted by Gasteiger charge is 2.57. The zero-order valence-electron chi connectivity index (χ0n) is 30.3. The van der Waals surface area contributed by atoms with Crippen LogP contribution in [0.25, 0.3) is 22.3 Å². The molecule has 4 aromatic heterocycles. The number of halogens is 2. The standard InChI is InChI=1S/C33H33F2N11O9P2S2/c34-21-25(56(50,58)51-10-4-8-36)20(55-32(21)45-16-42-23-27(38-14-39-28(23)45)44-30(48)18-6-2-1-3-7-18)13-53-57(59,52-11-5-9-37)26-19(12-47)54-33(22(26)35)46-17-43-24-29(46)40-15-41-31(24)49/h1-3,6-7,14-17,19-22,25-26,32-33,47H,4-5,10-13H2,(H,50,58)(H,40,41,49)(H,38,39,44,48)/t19-,20?,21+,22+,25+,26+,32?,33?,56?,57?/m0/s1. The van der Waals surface area contributed by atoms with E-state index >= 15 is 8.78 Å². The van der Waals surface area contributed by atoms with Gasteiger partial charge in [0.05, 0.1) is 93.9 Å². The molecule has 1 amide bonds. The minimum absolute atomic E-state index is 0.0114. The molecule has 20 nitrogen and oxygen atoms in total. The average Bonchev–Trinajstić information content (AvgIpc) is 4.01. The molecule has 26 heteroatoms. The van der Waals surface area contributed by atoms with Crippen LogP contribution >= 0.6 is 13.0 Å². The van der Waals surface area contributed by atoms with Crippen LogP contribution in [0, 0.1) is 22.7 Å². The van der Waals surface area contributed by atoms with E-state index in [2.05, 4.69) is 35.2 Å².